The summed E-state index contributed by atoms with van der Waals surface area (Å²) < 4.78 is 13.9. The fourth-order valence-corrected chi connectivity index (χ4v) is 3.35. The zero-order chi connectivity index (χ0) is 18.7. The topological polar surface area (TPSA) is 45.2 Å². The molecule has 1 atom stereocenters. The van der Waals surface area contributed by atoms with Crippen LogP contribution in [0.2, 0.25) is 5.02 Å². The van der Waals surface area contributed by atoms with Gasteiger partial charge < -0.3 is 10.2 Å². The van der Waals surface area contributed by atoms with E-state index in [1.54, 1.807) is 6.07 Å². The maximum atomic E-state index is 13.9. The van der Waals surface area contributed by atoms with Crippen molar-refractivity contribution in [3.8, 4) is 0 Å². The molecule has 0 fully saturated rings. The molecular weight excluding hydrogens is 424 g/mol. The monoisotopic (exact) mass is 445 g/mol. The maximum absolute atomic E-state index is 13.9. The molecule has 28 heavy (non-hydrogen) atoms. The summed E-state index contributed by atoms with van der Waals surface area (Å²) in [6, 6.07) is 10.1. The number of hydrogen-bond acceptors (Lipinski definition) is 3. The van der Waals surface area contributed by atoms with Gasteiger partial charge in [-0.1, -0.05) is 29.8 Å². The van der Waals surface area contributed by atoms with E-state index in [4.69, 9.17) is 11.6 Å². The summed E-state index contributed by atoms with van der Waals surface area (Å²) in [6.45, 7) is 0. The molecule has 152 valence electrons. The van der Waals surface area contributed by atoms with E-state index >= 15 is 0 Å². The summed E-state index contributed by atoms with van der Waals surface area (Å²) in [7, 11) is 4.18. The normalized spacial score (nSPS) is 15.9. The molecule has 4 nitrogen and oxygen atoms in total. The molecule has 1 aromatic heterocycles. The Bertz CT molecular complexity index is 838. The molecule has 1 aromatic carbocycles. The van der Waals surface area contributed by atoms with E-state index in [9.17, 15) is 9.18 Å². The summed E-state index contributed by atoms with van der Waals surface area (Å²) in [5.41, 5.74) is 1.83. The number of pyridine rings is 1. The second kappa shape index (κ2) is 10.8. The molecule has 1 unspecified atom stereocenters. The number of benzene rings is 1. The molecule has 0 spiro atoms. The van der Waals surface area contributed by atoms with Crippen LogP contribution < -0.4 is 5.32 Å². The largest absolute Gasteiger partial charge is 0.306 e. The van der Waals surface area contributed by atoms with Crippen molar-refractivity contribution in [3.63, 3.8) is 0 Å². The van der Waals surface area contributed by atoms with Crippen LogP contribution in [0, 0.1) is 5.82 Å². The van der Waals surface area contributed by atoms with Crippen LogP contribution in [0.3, 0.4) is 0 Å². The number of carbonyl (C=O) groups is 1. The van der Waals surface area contributed by atoms with Crippen molar-refractivity contribution in [2.45, 2.75) is 25.3 Å². The Kier molecular flexibility index (Phi) is 9.37. The highest BCUT2D eigenvalue weighted by molar-refractivity contribution is 6.34. The van der Waals surface area contributed by atoms with Crippen molar-refractivity contribution in [3.05, 3.63) is 64.6 Å². The molecular formula is C20H23Cl3FN3O. The molecule has 0 aliphatic heterocycles. The lowest BCUT2D eigenvalue weighted by Crippen LogP contribution is -2.29. The zero-order valence-electron chi connectivity index (χ0n) is 15.6. The van der Waals surface area contributed by atoms with Crippen molar-refractivity contribution < 1.29 is 9.18 Å². The molecule has 3 rings (SSSR count). The average molecular weight is 447 g/mol. The van der Waals surface area contributed by atoms with Gasteiger partial charge >= 0.3 is 0 Å². The number of amides is 1. The third-order valence-electron chi connectivity index (χ3n) is 4.62. The first-order valence-electron chi connectivity index (χ1n) is 8.54. The summed E-state index contributed by atoms with van der Waals surface area (Å²) in [5.74, 6) is -0.888. The Balaban J connectivity index is 0.00000196. The number of allylic oxidation sites excluding steroid dienone is 1. The fraction of sp³-hybridized carbons (Fsp3) is 0.300. The summed E-state index contributed by atoms with van der Waals surface area (Å²) >= 11 is 5.95. The van der Waals surface area contributed by atoms with E-state index in [-0.39, 0.29) is 35.4 Å². The minimum atomic E-state index is -0.657. The minimum absolute atomic E-state index is 0. The van der Waals surface area contributed by atoms with Crippen LogP contribution in [0.15, 0.2) is 42.5 Å². The number of nitrogens with one attached hydrogen (secondary N) is 1. The van der Waals surface area contributed by atoms with Gasteiger partial charge in [0.25, 0.3) is 5.91 Å². The molecule has 1 aliphatic rings. The lowest BCUT2D eigenvalue weighted by atomic mass is 9.92. The second-order valence-electron chi connectivity index (χ2n) is 6.58. The Morgan fingerprint density at radius 1 is 1.21 bits per heavy atom. The van der Waals surface area contributed by atoms with Crippen LogP contribution in [0.4, 0.5) is 10.2 Å². The van der Waals surface area contributed by atoms with E-state index in [1.165, 1.54) is 23.8 Å². The smallest absolute Gasteiger partial charge is 0.261 e. The van der Waals surface area contributed by atoms with Crippen molar-refractivity contribution in [2.24, 2.45) is 0 Å². The highest BCUT2D eigenvalue weighted by atomic mass is 35.5. The standard InChI is InChI=1S/C20H21ClFN3O.2ClH/c1-25(2)14-11-9-13(10-12-14)17-7-4-8-18(23-17)24-20(26)19-15(21)5-3-6-16(19)22;;/h3-9,14H,10-12H2,1-2H3,(H,23,24,26);2*1H. The summed E-state index contributed by atoms with van der Waals surface area (Å²) in [6.07, 6.45) is 5.19. The number of nitrogens with zero attached hydrogens (tertiary/aromatic N) is 2. The number of anilines is 1. The first kappa shape index (κ1) is 24.4. The lowest BCUT2D eigenvalue weighted by Gasteiger charge is -2.27. The van der Waals surface area contributed by atoms with Gasteiger partial charge in [-0.3, -0.25) is 4.79 Å². The Hall–Kier alpha value is -1.66. The SMILES string of the molecule is CN(C)C1CC=C(c2cccc(NC(=O)c3c(F)cccc3Cl)n2)CC1.Cl.Cl. The average Bonchev–Trinajstić information content (AvgIpc) is 2.62. The van der Waals surface area contributed by atoms with Crippen LogP contribution in [0.1, 0.15) is 35.3 Å². The number of halogens is 4. The Labute approximate surface area is 182 Å². The number of rotatable bonds is 4. The van der Waals surface area contributed by atoms with Crippen LogP contribution in [-0.2, 0) is 0 Å². The first-order chi connectivity index (χ1) is 12.5. The molecule has 2 aromatic rings. The van der Waals surface area contributed by atoms with Gasteiger partial charge in [-0.05, 0) is 63.2 Å². The lowest BCUT2D eigenvalue weighted by molar-refractivity contribution is 0.102. The van der Waals surface area contributed by atoms with E-state index < -0.39 is 11.7 Å². The second-order valence-corrected chi connectivity index (χ2v) is 6.99. The van der Waals surface area contributed by atoms with Crippen molar-refractivity contribution in [1.29, 1.82) is 0 Å². The third kappa shape index (κ3) is 5.67. The first-order valence-corrected chi connectivity index (χ1v) is 8.91. The maximum Gasteiger partial charge on any atom is 0.261 e. The fourth-order valence-electron chi connectivity index (χ4n) is 3.10. The third-order valence-corrected chi connectivity index (χ3v) is 4.94. The van der Waals surface area contributed by atoms with Crippen LogP contribution in [-0.4, -0.2) is 35.9 Å². The molecule has 1 amide bonds. The number of aromatic nitrogens is 1. The van der Waals surface area contributed by atoms with Crippen LogP contribution in [0.5, 0.6) is 0 Å². The predicted molar refractivity (Wildman–Crippen MR) is 117 cm³/mol. The molecule has 1 heterocycles. The quantitative estimate of drug-likeness (QED) is 0.677. The zero-order valence-corrected chi connectivity index (χ0v) is 18.0. The molecule has 0 saturated heterocycles. The van der Waals surface area contributed by atoms with E-state index in [1.807, 2.05) is 12.1 Å². The molecule has 1 N–H and O–H groups in total. The summed E-state index contributed by atoms with van der Waals surface area (Å²) in [4.78, 5) is 19.1. The van der Waals surface area contributed by atoms with E-state index in [0.29, 0.717) is 11.9 Å². The van der Waals surface area contributed by atoms with E-state index in [2.05, 4.69) is 35.4 Å². The van der Waals surface area contributed by atoms with Crippen LogP contribution >= 0.6 is 36.4 Å². The van der Waals surface area contributed by atoms with Gasteiger partial charge in [-0.25, -0.2) is 9.37 Å². The molecule has 0 bridgehead atoms. The number of carbonyl (C=O) groups excluding carboxylic acids is 1. The van der Waals surface area contributed by atoms with Crippen molar-refractivity contribution in [2.75, 3.05) is 19.4 Å². The molecule has 8 heteroatoms. The Morgan fingerprint density at radius 2 is 1.93 bits per heavy atom. The van der Waals surface area contributed by atoms with E-state index in [0.717, 1.165) is 25.0 Å². The minimum Gasteiger partial charge on any atom is -0.306 e. The van der Waals surface area contributed by atoms with Gasteiger partial charge in [-0.2, -0.15) is 0 Å². The van der Waals surface area contributed by atoms with Gasteiger partial charge in [0.2, 0.25) is 0 Å². The van der Waals surface area contributed by atoms with Crippen molar-refractivity contribution >= 4 is 53.7 Å². The number of hydrogen-bond donors (Lipinski definition) is 1. The molecule has 0 saturated carbocycles. The van der Waals surface area contributed by atoms with Gasteiger partial charge in [-0.15, -0.1) is 24.8 Å². The van der Waals surface area contributed by atoms with Gasteiger partial charge in [0.1, 0.15) is 11.6 Å². The summed E-state index contributed by atoms with van der Waals surface area (Å²) in [5, 5.41) is 2.71. The van der Waals surface area contributed by atoms with Gasteiger partial charge in [0.05, 0.1) is 16.3 Å². The van der Waals surface area contributed by atoms with Crippen molar-refractivity contribution in [1.82, 2.24) is 9.88 Å². The highest BCUT2D eigenvalue weighted by Crippen LogP contribution is 2.28. The van der Waals surface area contributed by atoms with Gasteiger partial charge in [0.15, 0.2) is 0 Å². The predicted octanol–water partition coefficient (Wildman–Crippen LogP) is 5.47. The molecule has 1 aliphatic carbocycles. The Morgan fingerprint density at radius 3 is 2.54 bits per heavy atom. The van der Waals surface area contributed by atoms with Gasteiger partial charge in [0, 0.05) is 6.04 Å². The van der Waals surface area contributed by atoms with Crippen LogP contribution in [0.25, 0.3) is 5.57 Å². The highest BCUT2D eigenvalue weighted by Gasteiger charge is 2.19. The molecule has 0 radical (unpaired) electrons.